The summed E-state index contributed by atoms with van der Waals surface area (Å²) in [5.74, 6) is -1.03. The molecule has 19 heavy (non-hydrogen) atoms. The van der Waals surface area contributed by atoms with Crippen molar-refractivity contribution in [3.8, 4) is 0 Å². The Morgan fingerprint density at radius 1 is 1.42 bits per heavy atom. The number of nitrogens with two attached hydrogens (primary N) is 1. The zero-order valence-electron chi connectivity index (χ0n) is 10.1. The number of H-pyrrole nitrogens is 1. The lowest BCUT2D eigenvalue weighted by molar-refractivity contribution is -0.138. The molecule has 0 bridgehead atoms. The highest BCUT2D eigenvalue weighted by Crippen LogP contribution is 2.15. The van der Waals surface area contributed by atoms with E-state index in [1.807, 2.05) is 24.3 Å². The number of benzene rings is 1. The molecule has 4 N–H and O–H groups in total. The fourth-order valence-electron chi connectivity index (χ4n) is 1.78. The summed E-state index contributed by atoms with van der Waals surface area (Å²) in [6.07, 6.45) is 2.40. The number of hydrogen-bond acceptors (Lipinski definition) is 3. The highest BCUT2D eigenvalue weighted by molar-refractivity contribution is 6.30. The van der Waals surface area contributed by atoms with Gasteiger partial charge in [0.05, 0.1) is 12.0 Å². The highest BCUT2D eigenvalue weighted by Gasteiger charge is 2.16. The molecule has 1 aromatic carbocycles. The van der Waals surface area contributed by atoms with Gasteiger partial charge in [0.25, 0.3) is 0 Å². The molecular formula is C13H14ClN3O2. The van der Waals surface area contributed by atoms with Crippen molar-refractivity contribution >= 4 is 17.6 Å². The van der Waals surface area contributed by atoms with E-state index in [9.17, 15) is 4.79 Å². The maximum atomic E-state index is 10.8. The normalized spacial score (nSPS) is 12.3. The largest absolute Gasteiger partial charge is 0.480 e. The van der Waals surface area contributed by atoms with Crippen LogP contribution in [0.2, 0.25) is 5.02 Å². The molecule has 0 aliphatic carbocycles. The summed E-state index contributed by atoms with van der Waals surface area (Å²) >= 11 is 5.83. The van der Waals surface area contributed by atoms with Crippen LogP contribution in [0.15, 0.2) is 30.6 Å². The van der Waals surface area contributed by atoms with Crippen LogP contribution >= 0.6 is 11.6 Å². The average molecular weight is 280 g/mol. The van der Waals surface area contributed by atoms with Crippen molar-refractivity contribution in [2.24, 2.45) is 5.73 Å². The number of carbonyl (C=O) groups is 1. The number of carboxylic acid groups (broad SMARTS) is 1. The van der Waals surface area contributed by atoms with E-state index in [0.717, 1.165) is 11.3 Å². The second kappa shape index (κ2) is 5.86. The predicted molar refractivity (Wildman–Crippen MR) is 72.2 cm³/mol. The zero-order valence-corrected chi connectivity index (χ0v) is 10.9. The summed E-state index contributed by atoms with van der Waals surface area (Å²) < 4.78 is 0. The van der Waals surface area contributed by atoms with E-state index in [0.29, 0.717) is 17.1 Å². The molecule has 0 saturated carbocycles. The second-order valence-electron chi connectivity index (χ2n) is 4.28. The minimum absolute atomic E-state index is 0.210. The molecule has 1 aromatic heterocycles. The Labute approximate surface area is 115 Å². The number of imidazole rings is 1. The Hall–Kier alpha value is -1.85. The van der Waals surface area contributed by atoms with Gasteiger partial charge in [-0.05, 0) is 17.7 Å². The number of hydrogen-bond donors (Lipinski definition) is 3. The third-order valence-corrected chi connectivity index (χ3v) is 3.08. The minimum Gasteiger partial charge on any atom is -0.480 e. The number of carboxylic acids is 1. The molecule has 0 spiro atoms. The van der Waals surface area contributed by atoms with Gasteiger partial charge in [0.15, 0.2) is 0 Å². The van der Waals surface area contributed by atoms with Crippen molar-refractivity contribution in [1.29, 1.82) is 0 Å². The van der Waals surface area contributed by atoms with Gasteiger partial charge in [-0.25, -0.2) is 4.98 Å². The van der Waals surface area contributed by atoms with Gasteiger partial charge in [0.2, 0.25) is 0 Å². The summed E-state index contributed by atoms with van der Waals surface area (Å²) in [5, 5.41) is 9.50. The number of nitrogens with one attached hydrogen (secondary N) is 1. The Morgan fingerprint density at radius 2 is 2.11 bits per heavy atom. The molecule has 0 amide bonds. The molecule has 100 valence electrons. The van der Waals surface area contributed by atoms with Crippen molar-refractivity contribution in [1.82, 2.24) is 9.97 Å². The van der Waals surface area contributed by atoms with Crippen LogP contribution in [0.3, 0.4) is 0 Å². The number of rotatable bonds is 5. The van der Waals surface area contributed by atoms with E-state index < -0.39 is 12.0 Å². The van der Waals surface area contributed by atoms with Crippen molar-refractivity contribution in [2.75, 3.05) is 0 Å². The summed E-state index contributed by atoms with van der Waals surface area (Å²) in [7, 11) is 0. The van der Waals surface area contributed by atoms with Crippen LogP contribution < -0.4 is 5.73 Å². The van der Waals surface area contributed by atoms with Crippen LogP contribution in [0.4, 0.5) is 0 Å². The van der Waals surface area contributed by atoms with Gasteiger partial charge in [-0.3, -0.25) is 4.79 Å². The molecule has 1 heterocycles. The first-order valence-electron chi connectivity index (χ1n) is 5.80. The van der Waals surface area contributed by atoms with Crippen LogP contribution in [0.25, 0.3) is 0 Å². The van der Waals surface area contributed by atoms with Gasteiger partial charge in [0, 0.05) is 23.6 Å². The van der Waals surface area contributed by atoms with Crippen LogP contribution in [0.1, 0.15) is 17.0 Å². The van der Waals surface area contributed by atoms with Crippen molar-refractivity contribution < 1.29 is 9.90 Å². The topological polar surface area (TPSA) is 92.0 Å². The smallest absolute Gasteiger partial charge is 0.320 e. The molecule has 6 heteroatoms. The second-order valence-corrected chi connectivity index (χ2v) is 4.72. The third-order valence-electron chi connectivity index (χ3n) is 2.83. The molecule has 2 rings (SSSR count). The lowest BCUT2D eigenvalue weighted by atomic mass is 10.1. The van der Waals surface area contributed by atoms with Crippen LogP contribution in [0.5, 0.6) is 0 Å². The first-order chi connectivity index (χ1) is 9.06. The summed E-state index contributed by atoms with van der Waals surface area (Å²) in [6.45, 7) is 0. The molecule has 1 atom stereocenters. The van der Waals surface area contributed by atoms with Gasteiger partial charge in [-0.2, -0.15) is 0 Å². The predicted octanol–water partition coefficient (Wildman–Crippen LogP) is 1.61. The molecule has 5 nitrogen and oxygen atoms in total. The van der Waals surface area contributed by atoms with Gasteiger partial charge in [-0.1, -0.05) is 23.7 Å². The van der Waals surface area contributed by atoms with E-state index in [4.69, 9.17) is 22.4 Å². The van der Waals surface area contributed by atoms with E-state index in [-0.39, 0.29) is 6.42 Å². The minimum atomic E-state index is -1.03. The SMILES string of the molecule is N[C@@H](Cc1nc[nH]c1Cc1ccc(Cl)cc1)C(=O)O. The summed E-state index contributed by atoms with van der Waals surface area (Å²) in [6, 6.07) is 6.53. The number of nitrogens with zero attached hydrogens (tertiary/aromatic N) is 1. The maximum Gasteiger partial charge on any atom is 0.320 e. The number of aliphatic carboxylic acids is 1. The lowest BCUT2D eigenvalue weighted by Gasteiger charge is -2.06. The molecule has 0 aliphatic heterocycles. The first kappa shape index (κ1) is 13.6. The summed E-state index contributed by atoms with van der Waals surface area (Å²) in [5.41, 5.74) is 8.15. The zero-order chi connectivity index (χ0) is 13.8. The van der Waals surface area contributed by atoms with Crippen LogP contribution in [-0.4, -0.2) is 27.1 Å². The molecule has 2 aromatic rings. The van der Waals surface area contributed by atoms with Crippen molar-refractivity contribution in [2.45, 2.75) is 18.9 Å². The quantitative estimate of drug-likeness (QED) is 0.775. The standard InChI is InChI=1S/C13H14ClN3O2/c14-9-3-1-8(2-4-9)5-11-12(17-7-16-11)6-10(15)13(18)19/h1-4,7,10H,5-6,15H2,(H,16,17)(H,18,19)/t10-/m0/s1. The Kier molecular flexibility index (Phi) is 4.19. The Balaban J connectivity index is 2.11. The fraction of sp³-hybridized carbons (Fsp3) is 0.231. The molecule has 0 aliphatic rings. The fourth-order valence-corrected chi connectivity index (χ4v) is 1.91. The molecule has 0 radical (unpaired) electrons. The van der Waals surface area contributed by atoms with Crippen molar-refractivity contribution in [3.63, 3.8) is 0 Å². The number of halogens is 1. The van der Waals surface area contributed by atoms with Crippen LogP contribution in [0, 0.1) is 0 Å². The molecule has 0 fully saturated rings. The molecule has 0 saturated heterocycles. The molecule has 0 unspecified atom stereocenters. The highest BCUT2D eigenvalue weighted by atomic mass is 35.5. The van der Waals surface area contributed by atoms with E-state index in [1.54, 1.807) is 6.33 Å². The third kappa shape index (κ3) is 3.56. The summed E-state index contributed by atoms with van der Waals surface area (Å²) in [4.78, 5) is 17.9. The van der Waals surface area contributed by atoms with Crippen molar-refractivity contribution in [3.05, 3.63) is 52.6 Å². The van der Waals surface area contributed by atoms with Gasteiger partial charge < -0.3 is 15.8 Å². The molecular weight excluding hydrogens is 266 g/mol. The average Bonchev–Trinajstić information content (AvgIpc) is 2.79. The maximum absolute atomic E-state index is 10.8. The van der Waals surface area contributed by atoms with Gasteiger partial charge in [0.1, 0.15) is 6.04 Å². The number of aromatic nitrogens is 2. The van der Waals surface area contributed by atoms with E-state index >= 15 is 0 Å². The number of aromatic amines is 1. The van der Waals surface area contributed by atoms with Crippen LogP contribution in [-0.2, 0) is 17.6 Å². The van der Waals surface area contributed by atoms with E-state index in [2.05, 4.69) is 9.97 Å². The van der Waals surface area contributed by atoms with Gasteiger partial charge in [-0.15, -0.1) is 0 Å². The van der Waals surface area contributed by atoms with E-state index in [1.165, 1.54) is 0 Å². The lowest BCUT2D eigenvalue weighted by Crippen LogP contribution is -2.32. The Morgan fingerprint density at radius 3 is 2.74 bits per heavy atom. The van der Waals surface area contributed by atoms with Gasteiger partial charge >= 0.3 is 5.97 Å². The Bertz CT molecular complexity index is 566. The monoisotopic (exact) mass is 279 g/mol. The first-order valence-corrected chi connectivity index (χ1v) is 6.18.